The van der Waals surface area contributed by atoms with Crippen LogP contribution in [0.2, 0.25) is 0 Å². The van der Waals surface area contributed by atoms with E-state index in [1.807, 2.05) is 10.7 Å². The number of imidazole rings is 1. The summed E-state index contributed by atoms with van der Waals surface area (Å²) in [5.74, 6) is 0.495. The van der Waals surface area contributed by atoms with Gasteiger partial charge in [-0.1, -0.05) is 23.5 Å². The molecule has 5 heterocycles. The Bertz CT molecular complexity index is 1150. The van der Waals surface area contributed by atoms with Crippen molar-refractivity contribution in [1.29, 1.82) is 0 Å². The number of aromatic nitrogens is 3. The molecule has 3 saturated heterocycles. The van der Waals surface area contributed by atoms with Crippen molar-refractivity contribution in [3.63, 3.8) is 0 Å². The molecule has 3 aromatic rings. The highest BCUT2D eigenvalue weighted by atomic mass is 32.1. The third kappa shape index (κ3) is 4.81. The normalized spacial score (nSPS) is 21.0. The van der Waals surface area contributed by atoms with Crippen molar-refractivity contribution in [3.8, 4) is 11.3 Å². The van der Waals surface area contributed by atoms with E-state index in [1.165, 1.54) is 5.69 Å². The Labute approximate surface area is 216 Å². The zero-order valence-electron chi connectivity index (χ0n) is 21.3. The minimum absolute atomic E-state index is 0.147. The van der Waals surface area contributed by atoms with Gasteiger partial charge in [-0.3, -0.25) is 4.79 Å². The number of hydrogen-bond acceptors (Lipinski definition) is 8. The van der Waals surface area contributed by atoms with Crippen LogP contribution in [0.3, 0.4) is 0 Å². The fourth-order valence-electron chi connectivity index (χ4n) is 5.47. The fourth-order valence-corrected chi connectivity index (χ4v) is 6.40. The van der Waals surface area contributed by atoms with E-state index in [9.17, 15) is 4.79 Å². The zero-order valence-corrected chi connectivity index (χ0v) is 22.2. The molecule has 6 rings (SSSR count). The first-order valence-corrected chi connectivity index (χ1v) is 14.0. The van der Waals surface area contributed by atoms with Gasteiger partial charge in [0, 0.05) is 82.6 Å². The van der Waals surface area contributed by atoms with Crippen LogP contribution >= 0.6 is 11.3 Å². The summed E-state index contributed by atoms with van der Waals surface area (Å²) in [4.78, 5) is 30.2. The standard InChI is InChI=1S/C26H36N8OS/c1-29-11-15-31(16-12-29)22-5-3-20(4-6-22)23-19-34-25(27-23)36-26(28-34)33-9-7-21(8-10-33)24(35)32-17-13-30(2)14-18-32/h3-6,19,21H,7-18H2,1-2H3. The number of nitrogens with zero attached hydrogens (tertiary/aromatic N) is 8. The van der Waals surface area contributed by atoms with E-state index < -0.39 is 0 Å². The van der Waals surface area contributed by atoms with Crippen LogP contribution in [0.1, 0.15) is 12.8 Å². The molecule has 192 valence electrons. The first-order chi connectivity index (χ1) is 17.5. The number of anilines is 2. The minimum atomic E-state index is 0.147. The van der Waals surface area contributed by atoms with E-state index in [0.717, 1.165) is 99.6 Å². The first kappa shape index (κ1) is 23.7. The highest BCUT2D eigenvalue weighted by Crippen LogP contribution is 2.31. The number of carbonyl (C=O) groups is 1. The molecule has 0 saturated carbocycles. The van der Waals surface area contributed by atoms with Gasteiger partial charge in [-0.25, -0.2) is 9.50 Å². The van der Waals surface area contributed by atoms with E-state index >= 15 is 0 Å². The lowest BCUT2D eigenvalue weighted by Crippen LogP contribution is -2.50. The van der Waals surface area contributed by atoms with Crippen LogP contribution in [-0.2, 0) is 4.79 Å². The molecule has 3 fully saturated rings. The van der Waals surface area contributed by atoms with Crippen LogP contribution in [-0.4, -0.2) is 115 Å². The highest BCUT2D eigenvalue weighted by Gasteiger charge is 2.31. The Morgan fingerprint density at radius 2 is 1.47 bits per heavy atom. The zero-order chi connectivity index (χ0) is 24.6. The number of carbonyl (C=O) groups excluding carboxylic acids is 1. The SMILES string of the molecule is CN1CCN(C(=O)C2CCN(c3nn4cc(-c5ccc(N6CCN(C)CC6)cc5)nc4s3)CC2)CC1. The molecule has 1 amide bonds. The molecule has 0 aliphatic carbocycles. The molecule has 3 aliphatic rings. The van der Waals surface area contributed by atoms with E-state index in [-0.39, 0.29) is 5.92 Å². The van der Waals surface area contributed by atoms with E-state index in [4.69, 9.17) is 10.1 Å². The van der Waals surface area contributed by atoms with Gasteiger partial charge in [0.15, 0.2) is 0 Å². The molecule has 0 unspecified atom stereocenters. The van der Waals surface area contributed by atoms with Gasteiger partial charge in [0.1, 0.15) is 0 Å². The molecular weight excluding hydrogens is 472 g/mol. The fraction of sp³-hybridized carbons (Fsp3) is 0.577. The predicted octanol–water partition coefficient (Wildman–Crippen LogP) is 2.20. The molecule has 3 aliphatic heterocycles. The summed E-state index contributed by atoms with van der Waals surface area (Å²) < 4.78 is 1.91. The number of piperazine rings is 2. The second-order valence-electron chi connectivity index (χ2n) is 10.5. The second kappa shape index (κ2) is 9.99. The minimum Gasteiger partial charge on any atom is -0.369 e. The van der Waals surface area contributed by atoms with Crippen molar-refractivity contribution in [3.05, 3.63) is 30.5 Å². The molecule has 1 aromatic carbocycles. The molecule has 0 atom stereocenters. The first-order valence-electron chi connectivity index (χ1n) is 13.2. The highest BCUT2D eigenvalue weighted by molar-refractivity contribution is 7.20. The lowest BCUT2D eigenvalue weighted by atomic mass is 9.95. The van der Waals surface area contributed by atoms with Gasteiger partial charge in [-0.2, -0.15) is 0 Å². The van der Waals surface area contributed by atoms with Crippen LogP contribution in [0.15, 0.2) is 30.5 Å². The largest absolute Gasteiger partial charge is 0.369 e. The van der Waals surface area contributed by atoms with Gasteiger partial charge >= 0.3 is 0 Å². The Hall–Kier alpha value is -2.69. The number of rotatable bonds is 4. The number of benzene rings is 1. The Kier molecular flexibility index (Phi) is 6.57. The second-order valence-corrected chi connectivity index (χ2v) is 11.4. The summed E-state index contributed by atoms with van der Waals surface area (Å²) in [6, 6.07) is 8.76. The topological polar surface area (TPSA) is 63.5 Å². The lowest BCUT2D eigenvalue weighted by Gasteiger charge is -2.37. The number of fused-ring (bicyclic) bond motifs is 1. The molecule has 9 nitrogen and oxygen atoms in total. The van der Waals surface area contributed by atoms with E-state index in [0.29, 0.717) is 5.91 Å². The Morgan fingerprint density at radius 3 is 2.11 bits per heavy atom. The maximum absolute atomic E-state index is 13.0. The predicted molar refractivity (Wildman–Crippen MR) is 145 cm³/mol. The van der Waals surface area contributed by atoms with Gasteiger partial charge in [-0.15, -0.1) is 5.10 Å². The summed E-state index contributed by atoms with van der Waals surface area (Å²) in [6.45, 7) is 9.80. The molecule has 0 N–H and O–H groups in total. The van der Waals surface area contributed by atoms with Crippen LogP contribution in [0.4, 0.5) is 10.8 Å². The summed E-state index contributed by atoms with van der Waals surface area (Å²) >= 11 is 1.64. The van der Waals surface area contributed by atoms with Crippen LogP contribution in [0.25, 0.3) is 16.2 Å². The average molecular weight is 509 g/mol. The van der Waals surface area contributed by atoms with Gasteiger partial charge < -0.3 is 24.5 Å². The van der Waals surface area contributed by atoms with E-state index in [1.54, 1.807) is 11.3 Å². The van der Waals surface area contributed by atoms with Crippen molar-refractivity contribution in [2.45, 2.75) is 12.8 Å². The molecular formula is C26H36N8OS. The Balaban J connectivity index is 1.07. The van der Waals surface area contributed by atoms with Gasteiger partial charge in [0.05, 0.1) is 11.9 Å². The van der Waals surface area contributed by atoms with E-state index in [2.05, 4.69) is 62.9 Å². The van der Waals surface area contributed by atoms with Crippen molar-refractivity contribution in [1.82, 2.24) is 29.3 Å². The van der Waals surface area contributed by atoms with Gasteiger partial charge in [0.25, 0.3) is 0 Å². The quantitative estimate of drug-likeness (QED) is 0.535. The van der Waals surface area contributed by atoms with Crippen molar-refractivity contribution < 1.29 is 4.79 Å². The molecule has 2 aromatic heterocycles. The molecule has 0 bridgehead atoms. The third-order valence-electron chi connectivity index (χ3n) is 7.99. The third-order valence-corrected chi connectivity index (χ3v) is 8.98. The molecule has 10 heteroatoms. The smallest absolute Gasteiger partial charge is 0.225 e. The van der Waals surface area contributed by atoms with Gasteiger partial charge in [0.2, 0.25) is 16.0 Å². The lowest BCUT2D eigenvalue weighted by molar-refractivity contribution is -0.137. The maximum atomic E-state index is 13.0. The van der Waals surface area contributed by atoms with Crippen LogP contribution in [0, 0.1) is 5.92 Å². The number of amides is 1. The number of piperidine rings is 1. The van der Waals surface area contributed by atoms with Crippen molar-refractivity contribution >= 4 is 33.0 Å². The maximum Gasteiger partial charge on any atom is 0.225 e. The summed E-state index contributed by atoms with van der Waals surface area (Å²) in [5, 5.41) is 5.83. The summed E-state index contributed by atoms with van der Waals surface area (Å²) in [5.41, 5.74) is 3.36. The monoisotopic (exact) mass is 508 g/mol. The molecule has 0 spiro atoms. The van der Waals surface area contributed by atoms with Crippen LogP contribution < -0.4 is 9.80 Å². The van der Waals surface area contributed by atoms with Gasteiger partial charge in [-0.05, 0) is 39.1 Å². The molecule has 0 radical (unpaired) electrons. The average Bonchev–Trinajstić information content (AvgIpc) is 3.49. The summed E-state index contributed by atoms with van der Waals surface area (Å²) in [7, 11) is 4.31. The van der Waals surface area contributed by atoms with Crippen molar-refractivity contribution in [2.75, 3.05) is 89.3 Å². The van der Waals surface area contributed by atoms with Crippen molar-refractivity contribution in [2.24, 2.45) is 5.92 Å². The summed E-state index contributed by atoms with van der Waals surface area (Å²) in [6.07, 6.45) is 3.83. The number of likely N-dealkylation sites (N-methyl/N-ethyl adjacent to an activating group) is 2. The Morgan fingerprint density at radius 1 is 0.833 bits per heavy atom. The van der Waals surface area contributed by atoms with Crippen LogP contribution in [0.5, 0.6) is 0 Å². The molecule has 36 heavy (non-hydrogen) atoms. The number of hydrogen-bond donors (Lipinski definition) is 0.